The standard InChI is InChI=1S/C19H32N4O.HI/c1-14(2)23-11-15(3)18(12-23)22-19(20-4)21-10-16-7-6-8-17(9-16)13-24-5;/h6-9,14-15,18H,10-13H2,1-5H3,(H2,20,21,22);1H. The van der Waals surface area contributed by atoms with E-state index in [4.69, 9.17) is 4.74 Å². The van der Waals surface area contributed by atoms with Crippen LogP contribution in [0.3, 0.4) is 0 Å². The van der Waals surface area contributed by atoms with E-state index < -0.39 is 0 Å². The number of methoxy groups -OCH3 is 1. The molecule has 1 aliphatic rings. The maximum absolute atomic E-state index is 5.20. The second-order valence-electron chi connectivity index (χ2n) is 6.95. The summed E-state index contributed by atoms with van der Waals surface area (Å²) in [5, 5.41) is 7.01. The first-order valence-electron chi connectivity index (χ1n) is 8.81. The molecule has 0 saturated carbocycles. The van der Waals surface area contributed by atoms with Crippen LogP contribution in [0.15, 0.2) is 29.3 Å². The minimum atomic E-state index is 0. The van der Waals surface area contributed by atoms with Gasteiger partial charge in [-0.15, -0.1) is 24.0 Å². The van der Waals surface area contributed by atoms with Crippen molar-refractivity contribution in [2.75, 3.05) is 27.2 Å². The monoisotopic (exact) mass is 460 g/mol. The lowest BCUT2D eigenvalue weighted by atomic mass is 10.1. The molecule has 5 nitrogen and oxygen atoms in total. The van der Waals surface area contributed by atoms with Gasteiger partial charge in [0.1, 0.15) is 0 Å². The third kappa shape index (κ3) is 6.75. The summed E-state index contributed by atoms with van der Waals surface area (Å²) in [6.07, 6.45) is 0. The van der Waals surface area contributed by atoms with Gasteiger partial charge in [-0.1, -0.05) is 31.2 Å². The molecule has 25 heavy (non-hydrogen) atoms. The average Bonchev–Trinajstić information content (AvgIpc) is 2.93. The fourth-order valence-electron chi connectivity index (χ4n) is 3.17. The van der Waals surface area contributed by atoms with Gasteiger partial charge in [-0.3, -0.25) is 9.89 Å². The van der Waals surface area contributed by atoms with Gasteiger partial charge >= 0.3 is 0 Å². The van der Waals surface area contributed by atoms with Crippen LogP contribution in [0.4, 0.5) is 0 Å². The quantitative estimate of drug-likeness (QED) is 0.390. The molecule has 142 valence electrons. The molecular weight excluding hydrogens is 427 g/mol. The van der Waals surface area contributed by atoms with E-state index in [9.17, 15) is 0 Å². The molecular formula is C19H33IN4O. The van der Waals surface area contributed by atoms with Gasteiger partial charge < -0.3 is 15.4 Å². The Morgan fingerprint density at radius 2 is 2.04 bits per heavy atom. The highest BCUT2D eigenvalue weighted by Crippen LogP contribution is 2.18. The predicted molar refractivity (Wildman–Crippen MR) is 116 cm³/mol. The highest BCUT2D eigenvalue weighted by atomic mass is 127. The number of hydrogen-bond donors (Lipinski definition) is 2. The van der Waals surface area contributed by atoms with Crippen molar-refractivity contribution in [1.29, 1.82) is 0 Å². The number of likely N-dealkylation sites (tertiary alicyclic amines) is 1. The molecule has 0 bridgehead atoms. The van der Waals surface area contributed by atoms with Crippen molar-refractivity contribution < 1.29 is 4.74 Å². The van der Waals surface area contributed by atoms with Gasteiger partial charge in [0.2, 0.25) is 0 Å². The first-order valence-corrected chi connectivity index (χ1v) is 8.81. The smallest absolute Gasteiger partial charge is 0.191 e. The lowest BCUT2D eigenvalue weighted by Crippen LogP contribution is -2.46. The van der Waals surface area contributed by atoms with Crippen LogP contribution >= 0.6 is 24.0 Å². The number of nitrogens with one attached hydrogen (secondary N) is 2. The molecule has 6 heteroatoms. The summed E-state index contributed by atoms with van der Waals surface area (Å²) in [6, 6.07) is 9.49. The van der Waals surface area contributed by atoms with Crippen LogP contribution in [0.1, 0.15) is 31.9 Å². The normalized spacial score (nSPS) is 21.3. The highest BCUT2D eigenvalue weighted by molar-refractivity contribution is 14.0. The Balaban J connectivity index is 0.00000312. The summed E-state index contributed by atoms with van der Waals surface area (Å²) in [6.45, 7) is 10.4. The SMILES string of the molecule is CN=C(NCc1cccc(COC)c1)NC1CN(C(C)C)CC1C.I. The molecule has 0 radical (unpaired) electrons. The Morgan fingerprint density at radius 3 is 2.64 bits per heavy atom. The minimum Gasteiger partial charge on any atom is -0.380 e. The van der Waals surface area contributed by atoms with E-state index in [1.807, 2.05) is 7.05 Å². The number of hydrogen-bond acceptors (Lipinski definition) is 3. The summed E-state index contributed by atoms with van der Waals surface area (Å²) >= 11 is 0. The van der Waals surface area contributed by atoms with Gasteiger partial charge in [0.25, 0.3) is 0 Å². The fourth-order valence-corrected chi connectivity index (χ4v) is 3.17. The van der Waals surface area contributed by atoms with Gasteiger partial charge in [-0.25, -0.2) is 0 Å². The van der Waals surface area contributed by atoms with E-state index in [0.29, 0.717) is 24.6 Å². The first kappa shape index (κ1) is 22.2. The molecule has 2 N–H and O–H groups in total. The van der Waals surface area contributed by atoms with Gasteiger partial charge in [0, 0.05) is 45.9 Å². The van der Waals surface area contributed by atoms with Crippen LogP contribution < -0.4 is 10.6 Å². The Morgan fingerprint density at radius 1 is 1.32 bits per heavy atom. The number of guanidine groups is 1. The zero-order valence-corrected chi connectivity index (χ0v) is 18.4. The molecule has 0 amide bonds. The topological polar surface area (TPSA) is 48.9 Å². The van der Waals surface area contributed by atoms with E-state index in [1.54, 1.807) is 7.11 Å². The van der Waals surface area contributed by atoms with Crippen LogP contribution in [-0.2, 0) is 17.9 Å². The second kappa shape index (κ2) is 11.0. The van der Waals surface area contributed by atoms with Crippen molar-refractivity contribution in [2.24, 2.45) is 10.9 Å². The Labute approximate surface area is 169 Å². The highest BCUT2D eigenvalue weighted by Gasteiger charge is 2.31. The van der Waals surface area contributed by atoms with Crippen LogP contribution in [0, 0.1) is 5.92 Å². The van der Waals surface area contributed by atoms with Gasteiger partial charge in [-0.05, 0) is 30.9 Å². The van der Waals surface area contributed by atoms with Crippen molar-refractivity contribution in [1.82, 2.24) is 15.5 Å². The van der Waals surface area contributed by atoms with Crippen molar-refractivity contribution >= 4 is 29.9 Å². The lowest BCUT2D eigenvalue weighted by molar-refractivity contribution is 0.185. The van der Waals surface area contributed by atoms with Gasteiger partial charge in [-0.2, -0.15) is 0 Å². The largest absolute Gasteiger partial charge is 0.380 e. The van der Waals surface area contributed by atoms with Crippen LogP contribution in [-0.4, -0.2) is 50.2 Å². The number of halogens is 1. The molecule has 1 heterocycles. The molecule has 1 fully saturated rings. The van der Waals surface area contributed by atoms with Crippen molar-refractivity contribution in [3.05, 3.63) is 35.4 Å². The third-order valence-corrected chi connectivity index (χ3v) is 4.68. The zero-order chi connectivity index (χ0) is 17.5. The van der Waals surface area contributed by atoms with Crippen LogP contribution in [0.2, 0.25) is 0 Å². The van der Waals surface area contributed by atoms with Gasteiger partial charge in [0.15, 0.2) is 5.96 Å². The molecule has 0 aliphatic carbocycles. The van der Waals surface area contributed by atoms with Crippen molar-refractivity contribution in [2.45, 2.75) is 46.0 Å². The number of ether oxygens (including phenoxy) is 1. The zero-order valence-electron chi connectivity index (χ0n) is 16.1. The molecule has 2 unspecified atom stereocenters. The van der Waals surface area contributed by atoms with E-state index in [-0.39, 0.29) is 24.0 Å². The molecule has 1 aromatic carbocycles. The summed E-state index contributed by atoms with van der Waals surface area (Å²) in [5.74, 6) is 1.49. The Hall–Kier alpha value is -0.860. The maximum Gasteiger partial charge on any atom is 0.191 e. The number of rotatable bonds is 6. The van der Waals surface area contributed by atoms with E-state index in [0.717, 1.165) is 25.6 Å². The molecule has 1 saturated heterocycles. The lowest BCUT2D eigenvalue weighted by Gasteiger charge is -2.22. The average molecular weight is 460 g/mol. The molecule has 2 atom stereocenters. The van der Waals surface area contributed by atoms with Crippen LogP contribution in [0.25, 0.3) is 0 Å². The predicted octanol–water partition coefficient (Wildman–Crippen LogP) is 2.84. The molecule has 0 spiro atoms. The first-order chi connectivity index (χ1) is 11.5. The molecule has 1 aromatic rings. The number of aliphatic imine (C=N–C) groups is 1. The summed E-state index contributed by atoms with van der Waals surface area (Å²) in [5.41, 5.74) is 2.42. The maximum atomic E-state index is 5.20. The summed E-state index contributed by atoms with van der Waals surface area (Å²) in [4.78, 5) is 6.90. The Bertz CT molecular complexity index is 550. The summed E-state index contributed by atoms with van der Waals surface area (Å²) in [7, 11) is 3.55. The summed E-state index contributed by atoms with van der Waals surface area (Å²) < 4.78 is 5.20. The van der Waals surface area contributed by atoms with Crippen LogP contribution in [0.5, 0.6) is 0 Å². The number of nitrogens with zero attached hydrogens (tertiary/aromatic N) is 2. The molecule has 2 rings (SSSR count). The fraction of sp³-hybridized carbons (Fsp3) is 0.632. The number of benzene rings is 1. The molecule has 0 aromatic heterocycles. The van der Waals surface area contributed by atoms with Crippen molar-refractivity contribution in [3.63, 3.8) is 0 Å². The van der Waals surface area contributed by atoms with E-state index in [1.165, 1.54) is 11.1 Å². The minimum absolute atomic E-state index is 0. The second-order valence-corrected chi connectivity index (χ2v) is 6.95. The van der Waals surface area contributed by atoms with Crippen molar-refractivity contribution in [3.8, 4) is 0 Å². The molecule has 1 aliphatic heterocycles. The third-order valence-electron chi connectivity index (χ3n) is 4.68. The van der Waals surface area contributed by atoms with Gasteiger partial charge in [0.05, 0.1) is 6.61 Å². The Kier molecular flexibility index (Phi) is 9.74. The van der Waals surface area contributed by atoms with E-state index in [2.05, 4.69) is 65.6 Å². The van der Waals surface area contributed by atoms with E-state index >= 15 is 0 Å².